The van der Waals surface area contributed by atoms with Crippen molar-refractivity contribution in [2.45, 2.75) is 82.7 Å². The highest BCUT2D eigenvalue weighted by atomic mass is 19.4. The lowest BCUT2D eigenvalue weighted by atomic mass is 9.97. The number of nitrogens with zero attached hydrogens (tertiary/aromatic N) is 4. The van der Waals surface area contributed by atoms with Crippen molar-refractivity contribution in [2.75, 3.05) is 16.8 Å². The van der Waals surface area contributed by atoms with Gasteiger partial charge >= 0.3 is 18.4 Å². The molecular formula is C30H31F6N5O4. The molecule has 2 aliphatic rings. The second-order valence-corrected chi connectivity index (χ2v) is 11.8. The Balaban J connectivity index is 1.70. The van der Waals surface area contributed by atoms with E-state index < -0.39 is 83.3 Å². The predicted molar refractivity (Wildman–Crippen MR) is 150 cm³/mol. The minimum atomic E-state index is -5.06. The van der Waals surface area contributed by atoms with E-state index in [2.05, 4.69) is 20.5 Å². The van der Waals surface area contributed by atoms with Crippen molar-refractivity contribution in [2.24, 2.45) is 0 Å². The van der Waals surface area contributed by atoms with Crippen molar-refractivity contribution in [3.05, 3.63) is 65.6 Å². The molecule has 1 fully saturated rings. The van der Waals surface area contributed by atoms with Crippen LogP contribution in [0.25, 0.3) is 11.6 Å². The third kappa shape index (κ3) is 6.92. The van der Waals surface area contributed by atoms with Crippen LogP contribution >= 0.6 is 0 Å². The lowest BCUT2D eigenvalue weighted by Gasteiger charge is -2.31. The zero-order valence-corrected chi connectivity index (χ0v) is 24.6. The molecule has 0 aliphatic carbocycles. The first-order valence-electron chi connectivity index (χ1n) is 14.2. The Morgan fingerprint density at radius 1 is 1.09 bits per heavy atom. The molecular weight excluding hydrogens is 608 g/mol. The maximum Gasteiger partial charge on any atom is 0.426 e. The molecule has 1 saturated heterocycles. The van der Waals surface area contributed by atoms with E-state index in [0.29, 0.717) is 24.5 Å². The first-order chi connectivity index (χ1) is 21.1. The lowest BCUT2D eigenvalue weighted by molar-refractivity contribution is -0.295. The highest BCUT2D eigenvalue weighted by Crippen LogP contribution is 2.48. The standard InChI is InChI=1S/C30H31F6N5O4/c1-27(2,3)45-26(42)37-21-16-20(29(31,32)33)23-38-22(21)24-39-40-25(44-24)28(30(34,35)36,43-17-18-10-5-4-6-11-18)14-8-7-12-19-13-9-15-41(19)23/h4-8,10-11,16,19H,9,12-15,17H2,1-3H3,(H,37,42)/t19-,28?/m1/s1. The van der Waals surface area contributed by atoms with Crippen molar-refractivity contribution in [3.63, 3.8) is 0 Å². The summed E-state index contributed by atoms with van der Waals surface area (Å²) in [5.74, 6) is -2.09. The minimum absolute atomic E-state index is 0.146. The largest absolute Gasteiger partial charge is 0.444 e. The van der Waals surface area contributed by atoms with Crippen LogP contribution in [-0.2, 0) is 27.9 Å². The number of rotatable bonds is 4. The summed E-state index contributed by atoms with van der Waals surface area (Å²) in [4.78, 5) is 18.4. The van der Waals surface area contributed by atoms with Gasteiger partial charge in [0.25, 0.3) is 11.8 Å². The van der Waals surface area contributed by atoms with Gasteiger partial charge in [0.15, 0.2) is 5.69 Å². The number of amides is 1. The Bertz CT molecular complexity index is 1550. The molecule has 242 valence electrons. The van der Waals surface area contributed by atoms with Crippen LogP contribution in [-0.4, -0.2) is 45.6 Å². The first-order valence-corrected chi connectivity index (χ1v) is 14.2. The number of hydrogen-bond acceptors (Lipinski definition) is 8. The second-order valence-electron chi connectivity index (χ2n) is 11.8. The van der Waals surface area contributed by atoms with Crippen LogP contribution in [0.3, 0.4) is 0 Å². The molecule has 2 aromatic heterocycles. The number of halogens is 6. The van der Waals surface area contributed by atoms with Crippen LogP contribution in [0, 0.1) is 0 Å². The number of nitrogens with one attached hydrogen (secondary N) is 1. The van der Waals surface area contributed by atoms with E-state index in [1.54, 1.807) is 51.1 Å². The van der Waals surface area contributed by atoms with Gasteiger partial charge < -0.3 is 18.8 Å². The van der Waals surface area contributed by atoms with Gasteiger partial charge in [-0.2, -0.15) is 26.3 Å². The van der Waals surface area contributed by atoms with E-state index in [1.165, 1.54) is 17.1 Å². The van der Waals surface area contributed by atoms with Crippen LogP contribution in [0.1, 0.15) is 63.5 Å². The monoisotopic (exact) mass is 639 g/mol. The van der Waals surface area contributed by atoms with Crippen molar-refractivity contribution in [1.29, 1.82) is 0 Å². The van der Waals surface area contributed by atoms with Gasteiger partial charge in [0.2, 0.25) is 5.60 Å². The number of fused-ring (bicyclic) bond motifs is 7. The van der Waals surface area contributed by atoms with Crippen LogP contribution in [0.5, 0.6) is 0 Å². The maximum atomic E-state index is 15.0. The fraction of sp³-hybridized carbons (Fsp3) is 0.467. The average Bonchev–Trinajstić information content (AvgIpc) is 3.61. The maximum absolute atomic E-state index is 15.0. The average molecular weight is 640 g/mol. The summed E-state index contributed by atoms with van der Waals surface area (Å²) in [6.45, 7) is 4.41. The van der Waals surface area contributed by atoms with E-state index in [0.717, 1.165) is 0 Å². The summed E-state index contributed by atoms with van der Waals surface area (Å²) in [5, 5.41) is 9.68. The molecule has 45 heavy (non-hydrogen) atoms. The van der Waals surface area contributed by atoms with Crippen molar-refractivity contribution in [3.8, 4) is 11.6 Å². The van der Waals surface area contributed by atoms with Gasteiger partial charge in [-0.15, -0.1) is 10.2 Å². The van der Waals surface area contributed by atoms with Gasteiger partial charge in [-0.1, -0.05) is 42.5 Å². The van der Waals surface area contributed by atoms with E-state index in [9.17, 15) is 31.1 Å². The van der Waals surface area contributed by atoms with E-state index in [-0.39, 0.29) is 13.0 Å². The zero-order chi connectivity index (χ0) is 32.6. The molecule has 2 atom stereocenters. The predicted octanol–water partition coefficient (Wildman–Crippen LogP) is 7.79. The highest BCUT2D eigenvalue weighted by molar-refractivity contribution is 5.90. The molecule has 0 spiro atoms. The number of alkyl halides is 6. The number of benzene rings is 1. The molecule has 1 unspecified atom stereocenters. The Hall–Kier alpha value is -4.14. The molecule has 3 aromatic rings. The third-order valence-electron chi connectivity index (χ3n) is 7.33. The number of aromatic nitrogens is 3. The molecule has 1 amide bonds. The minimum Gasteiger partial charge on any atom is -0.444 e. The molecule has 9 nitrogen and oxygen atoms in total. The molecule has 1 N–H and O–H groups in total. The van der Waals surface area contributed by atoms with Gasteiger partial charge in [-0.25, -0.2) is 9.78 Å². The number of carbonyl (C=O) groups is 1. The molecule has 15 heteroatoms. The molecule has 5 rings (SSSR count). The molecule has 1 aromatic carbocycles. The molecule has 0 radical (unpaired) electrons. The number of ether oxygens (including phenoxy) is 2. The van der Waals surface area contributed by atoms with Crippen molar-refractivity contribution in [1.82, 2.24) is 15.2 Å². The Labute approximate surface area is 254 Å². The second kappa shape index (κ2) is 12.0. The molecule has 4 heterocycles. The van der Waals surface area contributed by atoms with Crippen LogP contribution < -0.4 is 10.2 Å². The summed E-state index contributed by atoms with van der Waals surface area (Å²) in [5.41, 5.74) is -5.83. The van der Waals surface area contributed by atoms with Gasteiger partial charge in [0.05, 0.1) is 12.3 Å². The topological polar surface area (TPSA) is 103 Å². The summed E-state index contributed by atoms with van der Waals surface area (Å²) in [6, 6.07) is 8.35. The summed E-state index contributed by atoms with van der Waals surface area (Å²) < 4.78 is 105. The third-order valence-corrected chi connectivity index (χ3v) is 7.33. The van der Waals surface area contributed by atoms with Gasteiger partial charge in [-0.3, -0.25) is 5.32 Å². The summed E-state index contributed by atoms with van der Waals surface area (Å²) >= 11 is 0. The first kappa shape index (κ1) is 32.3. The normalized spacial score (nSPS) is 20.6. The van der Waals surface area contributed by atoms with E-state index >= 15 is 0 Å². The zero-order valence-electron chi connectivity index (χ0n) is 24.6. The Morgan fingerprint density at radius 2 is 1.82 bits per heavy atom. The van der Waals surface area contributed by atoms with Gasteiger partial charge in [0, 0.05) is 19.0 Å². The van der Waals surface area contributed by atoms with Crippen LogP contribution in [0.4, 0.5) is 42.6 Å². The SMILES string of the molecule is CC(C)(C)OC(=O)Nc1cc(C(F)(F)F)c2nc1-c1nnc(o1)C(OCc1ccccc1)(C(F)(F)F)CC=CC[C@@H]1CCCN21. The lowest BCUT2D eigenvalue weighted by Crippen LogP contribution is -2.45. The van der Waals surface area contributed by atoms with E-state index in [1.807, 2.05) is 0 Å². The van der Waals surface area contributed by atoms with Crippen molar-refractivity contribution < 1.29 is 45.0 Å². The van der Waals surface area contributed by atoms with E-state index in [4.69, 9.17) is 13.9 Å². The highest BCUT2D eigenvalue weighted by Gasteiger charge is 2.61. The molecule has 4 bridgehead atoms. The smallest absolute Gasteiger partial charge is 0.426 e. The molecule has 0 saturated carbocycles. The number of carbonyl (C=O) groups excluding carboxylic acids is 1. The number of anilines is 2. The van der Waals surface area contributed by atoms with Crippen LogP contribution in [0.15, 0.2) is 53.0 Å². The number of hydrogen-bond donors (Lipinski definition) is 1. The van der Waals surface area contributed by atoms with Crippen molar-refractivity contribution >= 4 is 17.6 Å². The van der Waals surface area contributed by atoms with Crippen LogP contribution in [0.2, 0.25) is 0 Å². The van der Waals surface area contributed by atoms with Gasteiger partial charge in [0.1, 0.15) is 17.0 Å². The fourth-order valence-corrected chi connectivity index (χ4v) is 5.25. The number of pyridine rings is 1. The van der Waals surface area contributed by atoms with Gasteiger partial charge in [-0.05, 0) is 51.7 Å². The summed E-state index contributed by atoms with van der Waals surface area (Å²) in [7, 11) is 0. The Kier molecular flexibility index (Phi) is 8.59. The Morgan fingerprint density at radius 3 is 2.49 bits per heavy atom. The quantitative estimate of drug-likeness (QED) is 0.228. The molecule has 2 aliphatic heterocycles. The summed E-state index contributed by atoms with van der Waals surface area (Å²) in [6.07, 6.45) is -7.94. The fourth-order valence-electron chi connectivity index (χ4n) is 5.25.